The quantitative estimate of drug-likeness (QED) is 0.833. The number of H-pyrrole nitrogens is 1. The minimum absolute atomic E-state index is 0.00374. The van der Waals surface area contributed by atoms with Gasteiger partial charge in [-0.3, -0.25) is 4.79 Å². The van der Waals surface area contributed by atoms with Crippen molar-refractivity contribution in [1.29, 1.82) is 0 Å². The van der Waals surface area contributed by atoms with Crippen molar-refractivity contribution in [1.82, 2.24) is 14.2 Å². The average molecular weight is 369 g/mol. The van der Waals surface area contributed by atoms with Crippen LogP contribution in [0.15, 0.2) is 34.0 Å². The van der Waals surface area contributed by atoms with Gasteiger partial charge in [0.2, 0.25) is 0 Å². The lowest BCUT2D eigenvalue weighted by atomic mass is 10.3. The van der Waals surface area contributed by atoms with Crippen LogP contribution >= 0.6 is 11.3 Å². The summed E-state index contributed by atoms with van der Waals surface area (Å²) in [5.41, 5.74) is 0.426. The van der Waals surface area contributed by atoms with E-state index in [9.17, 15) is 18.0 Å². The van der Waals surface area contributed by atoms with Crippen molar-refractivity contribution in [3.8, 4) is 0 Å². The summed E-state index contributed by atoms with van der Waals surface area (Å²) >= 11 is 0.888. The van der Waals surface area contributed by atoms with E-state index in [-0.39, 0.29) is 41.9 Å². The Labute approximate surface area is 142 Å². The molecule has 1 fully saturated rings. The van der Waals surface area contributed by atoms with E-state index in [1.54, 1.807) is 23.2 Å². The third-order valence-corrected chi connectivity index (χ3v) is 7.08. The Bertz CT molecular complexity index is 849. The lowest BCUT2D eigenvalue weighted by Gasteiger charge is -2.33. The molecule has 1 aliphatic rings. The molecule has 0 bridgehead atoms. The van der Waals surface area contributed by atoms with Crippen molar-refractivity contribution >= 4 is 33.2 Å². The fourth-order valence-electron chi connectivity index (χ4n) is 2.46. The molecule has 0 spiro atoms. The van der Waals surface area contributed by atoms with Crippen LogP contribution in [0.5, 0.6) is 0 Å². The number of nitrogens with zero attached hydrogens (tertiary/aromatic N) is 2. The zero-order chi connectivity index (χ0) is 17.3. The molecule has 0 atom stereocenters. The van der Waals surface area contributed by atoms with Gasteiger partial charge < -0.3 is 15.0 Å². The number of carboxylic acid groups (broad SMARTS) is 1. The van der Waals surface area contributed by atoms with Gasteiger partial charge in [0.1, 0.15) is 9.90 Å². The molecule has 2 aromatic rings. The third-order valence-electron chi connectivity index (χ3n) is 3.77. The van der Waals surface area contributed by atoms with Crippen LogP contribution in [-0.4, -0.2) is 65.8 Å². The summed E-state index contributed by atoms with van der Waals surface area (Å²) in [4.78, 5) is 27.6. The van der Waals surface area contributed by atoms with E-state index < -0.39 is 16.0 Å². The van der Waals surface area contributed by atoms with Gasteiger partial charge in [-0.2, -0.15) is 4.31 Å². The largest absolute Gasteiger partial charge is 0.478 e. The minimum atomic E-state index is -3.73. The predicted octanol–water partition coefficient (Wildman–Crippen LogP) is 0.921. The maximum atomic E-state index is 12.6. The Balaban J connectivity index is 1.69. The molecule has 24 heavy (non-hydrogen) atoms. The number of carbonyl (C=O) groups excluding carboxylic acids is 1. The van der Waals surface area contributed by atoms with Crippen LogP contribution in [0.3, 0.4) is 0 Å². The Morgan fingerprint density at radius 3 is 2.46 bits per heavy atom. The van der Waals surface area contributed by atoms with Gasteiger partial charge in [0.15, 0.2) is 0 Å². The zero-order valence-electron chi connectivity index (χ0n) is 12.5. The molecule has 2 N–H and O–H groups in total. The molecule has 10 heteroatoms. The highest BCUT2D eigenvalue weighted by Gasteiger charge is 2.32. The Hall–Kier alpha value is -2.17. The summed E-state index contributed by atoms with van der Waals surface area (Å²) in [5.74, 6) is -1.32. The Kier molecular flexibility index (Phi) is 4.43. The van der Waals surface area contributed by atoms with Gasteiger partial charge in [-0.25, -0.2) is 13.2 Å². The molecular formula is C14H15N3O5S2. The highest BCUT2D eigenvalue weighted by molar-refractivity contribution is 7.91. The lowest BCUT2D eigenvalue weighted by molar-refractivity contribution is 0.0685. The lowest BCUT2D eigenvalue weighted by Crippen LogP contribution is -2.50. The fraction of sp³-hybridized carbons (Fsp3) is 0.286. The molecule has 8 nitrogen and oxygen atoms in total. The van der Waals surface area contributed by atoms with Crippen LogP contribution in [-0.2, 0) is 10.0 Å². The summed E-state index contributed by atoms with van der Waals surface area (Å²) < 4.78 is 26.4. The molecule has 0 radical (unpaired) electrons. The minimum Gasteiger partial charge on any atom is -0.478 e. The highest BCUT2D eigenvalue weighted by Crippen LogP contribution is 2.25. The van der Waals surface area contributed by atoms with Crippen molar-refractivity contribution < 1.29 is 23.1 Å². The van der Waals surface area contributed by atoms with Gasteiger partial charge >= 0.3 is 5.97 Å². The standard InChI is InChI=1S/C14H15N3O5S2/c18-13(11-2-1-3-15-11)16-4-6-17(7-5-16)24(21,22)12-8-10(9-23-12)14(19)20/h1-3,8-9,15H,4-7H2,(H,19,20). The van der Waals surface area contributed by atoms with E-state index in [2.05, 4.69) is 4.98 Å². The van der Waals surface area contributed by atoms with E-state index in [1.165, 1.54) is 15.8 Å². The Morgan fingerprint density at radius 1 is 1.21 bits per heavy atom. The molecule has 2 aromatic heterocycles. The van der Waals surface area contributed by atoms with Crippen LogP contribution in [0, 0.1) is 0 Å². The molecular weight excluding hydrogens is 354 g/mol. The second kappa shape index (κ2) is 6.38. The monoisotopic (exact) mass is 369 g/mol. The summed E-state index contributed by atoms with van der Waals surface area (Å²) in [6.45, 7) is 0.923. The number of aromatic amines is 1. The first-order chi connectivity index (χ1) is 11.4. The predicted molar refractivity (Wildman–Crippen MR) is 86.7 cm³/mol. The van der Waals surface area contributed by atoms with E-state index in [4.69, 9.17) is 5.11 Å². The summed E-state index contributed by atoms with van der Waals surface area (Å²) in [6.07, 6.45) is 1.66. The molecule has 0 aromatic carbocycles. The number of sulfonamides is 1. The number of amides is 1. The van der Waals surface area contributed by atoms with Crippen molar-refractivity contribution in [2.75, 3.05) is 26.2 Å². The number of nitrogens with one attached hydrogen (secondary N) is 1. The van der Waals surface area contributed by atoms with Crippen LogP contribution in [0.4, 0.5) is 0 Å². The number of rotatable bonds is 4. The van der Waals surface area contributed by atoms with E-state index >= 15 is 0 Å². The normalized spacial score (nSPS) is 16.2. The number of carboxylic acids is 1. The van der Waals surface area contributed by atoms with Crippen LogP contribution in [0.1, 0.15) is 20.8 Å². The first-order valence-corrected chi connectivity index (χ1v) is 9.46. The summed E-state index contributed by atoms with van der Waals surface area (Å²) in [6, 6.07) is 4.56. The second-order valence-corrected chi connectivity index (χ2v) is 8.32. The molecule has 3 heterocycles. The van der Waals surface area contributed by atoms with Crippen molar-refractivity contribution in [2.24, 2.45) is 0 Å². The number of piperazine rings is 1. The van der Waals surface area contributed by atoms with Gasteiger partial charge in [-0.15, -0.1) is 11.3 Å². The maximum Gasteiger partial charge on any atom is 0.336 e. The molecule has 0 saturated carbocycles. The van der Waals surface area contributed by atoms with E-state index in [1.807, 2.05) is 0 Å². The number of aromatic nitrogens is 1. The first-order valence-electron chi connectivity index (χ1n) is 7.14. The number of thiophene rings is 1. The van der Waals surface area contributed by atoms with Crippen molar-refractivity contribution in [3.05, 3.63) is 41.0 Å². The van der Waals surface area contributed by atoms with Gasteiger partial charge in [-0.05, 0) is 18.2 Å². The van der Waals surface area contributed by atoms with Crippen molar-refractivity contribution in [3.63, 3.8) is 0 Å². The first kappa shape index (κ1) is 16.7. The number of carbonyl (C=O) groups is 2. The molecule has 128 valence electrons. The van der Waals surface area contributed by atoms with Crippen LogP contribution < -0.4 is 0 Å². The number of aromatic carboxylic acids is 1. The topological polar surface area (TPSA) is 111 Å². The molecule has 0 aliphatic carbocycles. The third kappa shape index (κ3) is 3.07. The molecule has 3 rings (SSSR count). The summed E-state index contributed by atoms with van der Waals surface area (Å²) in [7, 11) is -3.73. The van der Waals surface area contributed by atoms with Gasteiger partial charge in [0.05, 0.1) is 5.56 Å². The van der Waals surface area contributed by atoms with Crippen LogP contribution in [0.25, 0.3) is 0 Å². The molecule has 1 aliphatic heterocycles. The second-order valence-electron chi connectivity index (χ2n) is 5.24. The van der Waals surface area contributed by atoms with Gasteiger partial charge in [0.25, 0.3) is 15.9 Å². The SMILES string of the molecule is O=C(O)c1csc(S(=O)(=O)N2CCN(C(=O)c3ccc[nH]3)CC2)c1. The smallest absolute Gasteiger partial charge is 0.336 e. The number of hydrogen-bond acceptors (Lipinski definition) is 5. The summed E-state index contributed by atoms with van der Waals surface area (Å²) in [5, 5.41) is 10.2. The molecule has 1 saturated heterocycles. The zero-order valence-corrected chi connectivity index (χ0v) is 14.1. The Morgan fingerprint density at radius 2 is 1.92 bits per heavy atom. The number of hydrogen-bond donors (Lipinski definition) is 2. The molecule has 0 unspecified atom stereocenters. The average Bonchev–Trinajstić information content (AvgIpc) is 3.26. The van der Waals surface area contributed by atoms with Gasteiger partial charge in [0, 0.05) is 37.8 Å². The maximum absolute atomic E-state index is 12.6. The fourth-order valence-corrected chi connectivity index (χ4v) is 5.18. The van der Waals surface area contributed by atoms with Crippen molar-refractivity contribution in [2.45, 2.75) is 4.21 Å². The van der Waals surface area contributed by atoms with Gasteiger partial charge in [-0.1, -0.05) is 0 Å². The molecule has 1 amide bonds. The van der Waals surface area contributed by atoms with E-state index in [0.717, 1.165) is 11.3 Å². The van der Waals surface area contributed by atoms with E-state index in [0.29, 0.717) is 5.69 Å². The van der Waals surface area contributed by atoms with Crippen LogP contribution in [0.2, 0.25) is 0 Å². The highest BCUT2D eigenvalue weighted by atomic mass is 32.2.